The first kappa shape index (κ1) is 21.4. The second-order valence-electron chi connectivity index (χ2n) is 5.52. The van der Waals surface area contributed by atoms with E-state index >= 15 is 0 Å². The molecule has 0 saturated carbocycles. The lowest BCUT2D eigenvalue weighted by atomic mass is 10.1. The number of aliphatic carboxylic acids is 1. The van der Waals surface area contributed by atoms with Crippen LogP contribution in [-0.2, 0) is 4.79 Å². The summed E-state index contributed by atoms with van der Waals surface area (Å²) in [7, 11) is 0. The van der Waals surface area contributed by atoms with Crippen LogP contribution in [0.3, 0.4) is 0 Å². The Balaban J connectivity index is 3.46. The van der Waals surface area contributed by atoms with E-state index in [-0.39, 0.29) is 12.5 Å². The lowest BCUT2D eigenvalue weighted by Crippen LogP contribution is -2.02. The van der Waals surface area contributed by atoms with Gasteiger partial charge in [-0.15, -0.1) is 0 Å². The highest BCUT2D eigenvalue weighted by molar-refractivity contribution is 5.66. The van der Waals surface area contributed by atoms with Crippen LogP contribution < -0.4 is 0 Å². The average molecular weight is 320 g/mol. The van der Waals surface area contributed by atoms with Gasteiger partial charge in [0.1, 0.15) is 0 Å². The molecule has 0 bridgehead atoms. The molecule has 3 heteroatoms. The molecule has 0 aromatic rings. The van der Waals surface area contributed by atoms with E-state index < -0.39 is 5.97 Å². The van der Waals surface area contributed by atoms with Gasteiger partial charge in [0.15, 0.2) is 0 Å². The molecule has 0 spiro atoms. The van der Waals surface area contributed by atoms with Crippen LogP contribution in [0.4, 0.5) is 0 Å². The van der Waals surface area contributed by atoms with Gasteiger partial charge in [0.05, 0.1) is 6.10 Å². The van der Waals surface area contributed by atoms with Gasteiger partial charge in [0, 0.05) is 6.42 Å². The third kappa shape index (κ3) is 18.3. The summed E-state index contributed by atoms with van der Waals surface area (Å²) in [6, 6.07) is 0. The number of rotatable bonds is 14. The fourth-order valence-electron chi connectivity index (χ4n) is 1.91. The van der Waals surface area contributed by atoms with Crippen molar-refractivity contribution >= 4 is 5.97 Å². The van der Waals surface area contributed by atoms with E-state index in [1.807, 2.05) is 13.0 Å². The molecule has 0 aliphatic rings. The van der Waals surface area contributed by atoms with Crippen LogP contribution in [0, 0.1) is 0 Å². The molecule has 0 amide bonds. The number of carbonyl (C=O) groups is 1. The van der Waals surface area contributed by atoms with E-state index in [0.717, 1.165) is 44.9 Å². The fourth-order valence-corrected chi connectivity index (χ4v) is 1.91. The Morgan fingerprint density at radius 3 is 1.83 bits per heavy atom. The zero-order chi connectivity index (χ0) is 17.2. The van der Waals surface area contributed by atoms with Gasteiger partial charge in [-0.3, -0.25) is 4.79 Å². The van der Waals surface area contributed by atoms with E-state index in [1.165, 1.54) is 0 Å². The van der Waals surface area contributed by atoms with Gasteiger partial charge in [-0.2, -0.15) is 0 Å². The Bertz CT molecular complexity index is 392. The number of hydrogen-bond acceptors (Lipinski definition) is 2. The lowest BCUT2D eigenvalue weighted by molar-refractivity contribution is -0.137. The van der Waals surface area contributed by atoms with Gasteiger partial charge < -0.3 is 10.2 Å². The monoisotopic (exact) mass is 320 g/mol. The summed E-state index contributed by atoms with van der Waals surface area (Å²) in [6.07, 6.45) is 24.0. The van der Waals surface area contributed by atoms with Crippen molar-refractivity contribution in [2.45, 2.75) is 70.8 Å². The van der Waals surface area contributed by atoms with Gasteiger partial charge >= 0.3 is 5.97 Å². The van der Waals surface area contributed by atoms with E-state index in [0.29, 0.717) is 6.42 Å². The number of hydrogen-bond donors (Lipinski definition) is 2. The first-order valence-corrected chi connectivity index (χ1v) is 8.66. The number of carboxylic acid groups (broad SMARTS) is 1. The molecule has 0 aliphatic carbocycles. The minimum atomic E-state index is -0.724. The molecular formula is C20H32O3. The van der Waals surface area contributed by atoms with Crippen LogP contribution in [0.1, 0.15) is 64.7 Å². The van der Waals surface area contributed by atoms with Crippen LogP contribution in [-0.4, -0.2) is 22.3 Å². The number of allylic oxidation sites excluding steroid dienone is 8. The molecule has 1 atom stereocenters. The van der Waals surface area contributed by atoms with Crippen molar-refractivity contribution in [2.75, 3.05) is 0 Å². The second kappa shape index (κ2) is 16.8. The van der Waals surface area contributed by atoms with E-state index in [1.54, 1.807) is 0 Å². The van der Waals surface area contributed by atoms with Crippen LogP contribution in [0.25, 0.3) is 0 Å². The number of carboxylic acids is 1. The van der Waals surface area contributed by atoms with Crippen LogP contribution in [0.2, 0.25) is 0 Å². The highest BCUT2D eigenvalue weighted by Gasteiger charge is 1.96. The molecule has 130 valence electrons. The summed E-state index contributed by atoms with van der Waals surface area (Å²) in [5.41, 5.74) is 0. The fraction of sp³-hybridized carbons (Fsp3) is 0.550. The van der Waals surface area contributed by atoms with Crippen LogP contribution in [0.15, 0.2) is 48.6 Å². The van der Waals surface area contributed by atoms with Crippen LogP contribution in [0.5, 0.6) is 0 Å². The summed E-state index contributed by atoms with van der Waals surface area (Å²) in [6.45, 7) is 2.00. The summed E-state index contributed by atoms with van der Waals surface area (Å²) < 4.78 is 0. The SMILES string of the molecule is CCC(O)CCC=CCC=CCC=CCC=CCCCC(=O)O. The highest BCUT2D eigenvalue weighted by Crippen LogP contribution is 2.02. The van der Waals surface area contributed by atoms with Gasteiger partial charge in [-0.25, -0.2) is 0 Å². The maximum Gasteiger partial charge on any atom is 0.303 e. The first-order chi connectivity index (χ1) is 11.2. The molecule has 2 N–H and O–H groups in total. The molecular weight excluding hydrogens is 288 g/mol. The quantitative estimate of drug-likeness (QED) is 0.342. The predicted octanol–water partition coefficient (Wildman–Crippen LogP) is 5.19. The smallest absolute Gasteiger partial charge is 0.303 e. The Hall–Kier alpha value is -1.61. The minimum Gasteiger partial charge on any atom is -0.481 e. The molecule has 1 unspecified atom stereocenters. The molecule has 3 nitrogen and oxygen atoms in total. The minimum absolute atomic E-state index is 0.161. The van der Waals surface area contributed by atoms with E-state index in [4.69, 9.17) is 5.11 Å². The predicted molar refractivity (Wildman–Crippen MR) is 97.4 cm³/mol. The third-order valence-corrected chi connectivity index (χ3v) is 3.38. The van der Waals surface area contributed by atoms with Gasteiger partial charge in [-0.05, 0) is 51.4 Å². The van der Waals surface area contributed by atoms with E-state index in [2.05, 4.69) is 42.5 Å². The molecule has 0 aliphatic heterocycles. The second-order valence-corrected chi connectivity index (χ2v) is 5.52. The van der Waals surface area contributed by atoms with Gasteiger partial charge in [0.25, 0.3) is 0 Å². The Kier molecular flexibility index (Phi) is 15.6. The Morgan fingerprint density at radius 2 is 1.35 bits per heavy atom. The summed E-state index contributed by atoms with van der Waals surface area (Å²) in [5, 5.41) is 17.9. The van der Waals surface area contributed by atoms with Crippen LogP contribution >= 0.6 is 0 Å². The van der Waals surface area contributed by atoms with Crippen molar-refractivity contribution in [3.8, 4) is 0 Å². The lowest BCUT2D eigenvalue weighted by Gasteiger charge is -2.03. The normalized spacial score (nSPS) is 13.8. The molecule has 23 heavy (non-hydrogen) atoms. The summed E-state index contributed by atoms with van der Waals surface area (Å²) in [5.74, 6) is -0.724. The van der Waals surface area contributed by atoms with E-state index in [9.17, 15) is 9.90 Å². The zero-order valence-corrected chi connectivity index (χ0v) is 14.4. The molecule has 0 aromatic carbocycles. The molecule has 0 heterocycles. The third-order valence-electron chi connectivity index (χ3n) is 3.38. The summed E-state index contributed by atoms with van der Waals surface area (Å²) in [4.78, 5) is 10.3. The van der Waals surface area contributed by atoms with Gasteiger partial charge in [-0.1, -0.05) is 55.5 Å². The average Bonchev–Trinajstić information content (AvgIpc) is 2.53. The molecule has 0 radical (unpaired) electrons. The number of aliphatic hydroxyl groups excluding tert-OH is 1. The maximum absolute atomic E-state index is 10.3. The Morgan fingerprint density at radius 1 is 0.870 bits per heavy atom. The molecule has 0 rings (SSSR count). The zero-order valence-electron chi connectivity index (χ0n) is 14.4. The largest absolute Gasteiger partial charge is 0.481 e. The van der Waals surface area contributed by atoms with Gasteiger partial charge in [0.2, 0.25) is 0 Å². The highest BCUT2D eigenvalue weighted by atomic mass is 16.4. The van der Waals surface area contributed by atoms with Crippen molar-refractivity contribution in [3.63, 3.8) is 0 Å². The summed E-state index contributed by atoms with van der Waals surface area (Å²) >= 11 is 0. The topological polar surface area (TPSA) is 57.5 Å². The van der Waals surface area contributed by atoms with Crippen molar-refractivity contribution in [1.29, 1.82) is 0 Å². The first-order valence-electron chi connectivity index (χ1n) is 8.66. The number of unbranched alkanes of at least 4 members (excludes halogenated alkanes) is 1. The van der Waals surface area contributed by atoms with Crippen molar-refractivity contribution in [2.24, 2.45) is 0 Å². The maximum atomic E-state index is 10.3. The Labute approximate surface area is 141 Å². The van der Waals surface area contributed by atoms with Crippen molar-refractivity contribution in [1.82, 2.24) is 0 Å². The molecule has 0 fully saturated rings. The standard InChI is InChI=1S/C20H32O3/c1-2-19(21)17-15-13-11-9-7-5-3-4-6-8-10-12-14-16-18-20(22)23/h4-7,10-13,19,21H,2-3,8-9,14-18H2,1H3,(H,22,23). The molecule has 0 aromatic heterocycles. The van der Waals surface area contributed by atoms with Crippen molar-refractivity contribution in [3.05, 3.63) is 48.6 Å². The molecule has 0 saturated heterocycles. The van der Waals surface area contributed by atoms with Crippen molar-refractivity contribution < 1.29 is 15.0 Å². The number of aliphatic hydroxyl groups is 1.